The smallest absolute Gasteiger partial charge is 0.407 e. The predicted octanol–water partition coefficient (Wildman–Crippen LogP) is 4.14. The summed E-state index contributed by atoms with van der Waals surface area (Å²) in [5.41, 5.74) is 1.67. The highest BCUT2D eigenvalue weighted by molar-refractivity contribution is 7.53. The highest BCUT2D eigenvalue weighted by atomic mass is 31.2. The van der Waals surface area contributed by atoms with Crippen molar-refractivity contribution in [2.45, 2.75) is 12.6 Å². The Morgan fingerprint density at radius 1 is 1.00 bits per heavy atom. The molecule has 0 aliphatic carbocycles. The molecule has 0 saturated carbocycles. The molecule has 2 aromatic rings. The molecule has 6 nitrogen and oxygen atoms in total. The number of rotatable bonds is 8. The van der Waals surface area contributed by atoms with Crippen molar-refractivity contribution < 1.29 is 23.1 Å². The fourth-order valence-electron chi connectivity index (χ4n) is 2.27. The van der Waals surface area contributed by atoms with Crippen LogP contribution in [-0.4, -0.2) is 26.5 Å². The molecule has 0 heterocycles. The van der Waals surface area contributed by atoms with Crippen molar-refractivity contribution in [3.8, 4) is 0 Å². The molecule has 0 aromatic heterocycles. The van der Waals surface area contributed by atoms with E-state index in [0.29, 0.717) is 0 Å². The lowest BCUT2D eigenvalue weighted by molar-refractivity contribution is 0.136. The Hall–Kier alpha value is -2.14. The topological polar surface area (TPSA) is 73.9 Å². The number of alkyl carbamates (subject to hydrolysis) is 1. The summed E-state index contributed by atoms with van der Waals surface area (Å²) in [6, 6.07) is 18.0. The Morgan fingerprint density at radius 2 is 1.56 bits per heavy atom. The summed E-state index contributed by atoms with van der Waals surface area (Å²) in [6.07, 6.45) is -0.596. The van der Waals surface area contributed by atoms with Crippen LogP contribution in [0.4, 0.5) is 4.79 Å². The van der Waals surface area contributed by atoms with Gasteiger partial charge in [-0.3, -0.25) is 4.57 Å². The molecule has 0 spiro atoms. The molecule has 7 heteroatoms. The standard InChI is InChI=1S/C18H22NO5P/c1-22-25(21,23-2)14-17(16-11-7-4-8-12-16)19-18(20)24-13-15-9-5-3-6-10-15/h3-12,17H,13-14H2,1-2H3,(H,19,20)/t17-/m1/s1. The molecular formula is C18H22NO5P. The van der Waals surface area contributed by atoms with E-state index in [1.807, 2.05) is 60.7 Å². The van der Waals surface area contributed by atoms with Crippen LogP contribution >= 0.6 is 7.60 Å². The summed E-state index contributed by atoms with van der Waals surface area (Å²) in [6.45, 7) is 0.153. The van der Waals surface area contributed by atoms with Gasteiger partial charge in [-0.2, -0.15) is 0 Å². The minimum atomic E-state index is -3.31. The molecule has 1 atom stereocenters. The number of ether oxygens (including phenoxy) is 1. The van der Waals surface area contributed by atoms with E-state index in [1.165, 1.54) is 14.2 Å². The van der Waals surface area contributed by atoms with E-state index in [-0.39, 0.29) is 12.8 Å². The van der Waals surface area contributed by atoms with Crippen molar-refractivity contribution >= 4 is 13.7 Å². The van der Waals surface area contributed by atoms with Crippen molar-refractivity contribution in [2.24, 2.45) is 0 Å². The first kappa shape index (κ1) is 19.2. The first-order valence-electron chi connectivity index (χ1n) is 7.79. The van der Waals surface area contributed by atoms with Crippen LogP contribution in [0.1, 0.15) is 17.2 Å². The number of benzene rings is 2. The van der Waals surface area contributed by atoms with E-state index < -0.39 is 19.7 Å². The Balaban J connectivity index is 2.05. The Kier molecular flexibility index (Phi) is 7.19. The first-order valence-corrected chi connectivity index (χ1v) is 9.52. The SMILES string of the molecule is COP(=O)(C[C@@H](NC(=O)OCc1ccccc1)c1ccccc1)OC. The third-order valence-corrected chi connectivity index (χ3v) is 5.59. The molecule has 0 aliphatic heterocycles. The molecule has 25 heavy (non-hydrogen) atoms. The van der Waals surface area contributed by atoms with Crippen LogP contribution in [0.25, 0.3) is 0 Å². The number of carbonyl (C=O) groups is 1. The Labute approximate surface area is 147 Å². The summed E-state index contributed by atoms with van der Waals surface area (Å²) in [7, 11) is -0.667. The van der Waals surface area contributed by atoms with Gasteiger partial charge < -0.3 is 19.1 Å². The second-order valence-corrected chi connectivity index (χ2v) is 7.65. The van der Waals surface area contributed by atoms with Gasteiger partial charge in [-0.1, -0.05) is 60.7 Å². The zero-order valence-electron chi connectivity index (χ0n) is 14.3. The van der Waals surface area contributed by atoms with E-state index in [9.17, 15) is 9.36 Å². The molecule has 1 N–H and O–H groups in total. The maximum atomic E-state index is 12.5. The average Bonchev–Trinajstić information content (AvgIpc) is 2.67. The number of hydrogen-bond acceptors (Lipinski definition) is 5. The lowest BCUT2D eigenvalue weighted by Gasteiger charge is -2.22. The van der Waals surface area contributed by atoms with Crippen molar-refractivity contribution in [3.63, 3.8) is 0 Å². The van der Waals surface area contributed by atoms with Gasteiger partial charge in [-0.25, -0.2) is 4.79 Å². The zero-order chi connectivity index (χ0) is 18.1. The monoisotopic (exact) mass is 363 g/mol. The number of carbonyl (C=O) groups excluding carboxylic acids is 1. The minimum absolute atomic E-state index is 0.00441. The Bertz CT molecular complexity index is 700. The maximum Gasteiger partial charge on any atom is 0.407 e. The van der Waals surface area contributed by atoms with Gasteiger partial charge in [0.2, 0.25) is 0 Å². The van der Waals surface area contributed by atoms with Crippen LogP contribution in [0.15, 0.2) is 60.7 Å². The fourth-order valence-corrected chi connectivity index (χ4v) is 3.47. The normalized spacial score (nSPS) is 12.4. The van der Waals surface area contributed by atoms with Crippen LogP contribution in [0.5, 0.6) is 0 Å². The zero-order valence-corrected chi connectivity index (χ0v) is 15.1. The molecular weight excluding hydrogens is 341 g/mol. The molecule has 0 bridgehead atoms. The van der Waals surface area contributed by atoms with Gasteiger partial charge in [0, 0.05) is 14.2 Å². The van der Waals surface area contributed by atoms with Crippen molar-refractivity contribution in [2.75, 3.05) is 20.4 Å². The van der Waals surface area contributed by atoms with Gasteiger partial charge in [0.05, 0.1) is 12.2 Å². The lowest BCUT2D eigenvalue weighted by Crippen LogP contribution is -2.31. The van der Waals surface area contributed by atoms with Crippen LogP contribution in [0, 0.1) is 0 Å². The fraction of sp³-hybridized carbons (Fsp3) is 0.278. The van der Waals surface area contributed by atoms with Crippen LogP contribution in [0.2, 0.25) is 0 Å². The molecule has 134 valence electrons. The molecule has 0 aliphatic rings. The number of hydrogen-bond donors (Lipinski definition) is 1. The largest absolute Gasteiger partial charge is 0.445 e. The number of nitrogens with one attached hydrogen (secondary N) is 1. The maximum absolute atomic E-state index is 12.5. The van der Waals surface area contributed by atoms with Crippen molar-refractivity contribution in [1.29, 1.82) is 0 Å². The second-order valence-electron chi connectivity index (χ2n) is 5.33. The Morgan fingerprint density at radius 3 is 2.12 bits per heavy atom. The van der Waals surface area contributed by atoms with Gasteiger partial charge in [0.15, 0.2) is 0 Å². The summed E-state index contributed by atoms with van der Waals surface area (Å²) >= 11 is 0. The summed E-state index contributed by atoms with van der Waals surface area (Å²) in [4.78, 5) is 12.2. The third kappa shape index (κ3) is 6.02. The van der Waals surface area contributed by atoms with E-state index in [1.54, 1.807) is 0 Å². The molecule has 0 unspecified atom stereocenters. The van der Waals surface area contributed by atoms with Crippen LogP contribution in [0.3, 0.4) is 0 Å². The van der Waals surface area contributed by atoms with E-state index in [4.69, 9.17) is 13.8 Å². The molecule has 0 saturated heterocycles. The van der Waals surface area contributed by atoms with Gasteiger partial charge >= 0.3 is 13.7 Å². The highest BCUT2D eigenvalue weighted by Crippen LogP contribution is 2.49. The molecule has 2 rings (SSSR count). The van der Waals surface area contributed by atoms with E-state index in [2.05, 4.69) is 5.32 Å². The summed E-state index contributed by atoms with van der Waals surface area (Å²) in [5.74, 6) is 0. The molecule has 0 radical (unpaired) electrons. The highest BCUT2D eigenvalue weighted by Gasteiger charge is 2.29. The van der Waals surface area contributed by atoms with Crippen LogP contribution in [-0.2, 0) is 25.0 Å². The molecule has 0 fully saturated rings. The van der Waals surface area contributed by atoms with E-state index in [0.717, 1.165) is 11.1 Å². The summed E-state index contributed by atoms with van der Waals surface area (Å²) < 4.78 is 27.7. The number of amides is 1. The van der Waals surface area contributed by atoms with E-state index >= 15 is 0 Å². The van der Waals surface area contributed by atoms with Gasteiger partial charge in [0.25, 0.3) is 0 Å². The first-order chi connectivity index (χ1) is 12.1. The van der Waals surface area contributed by atoms with Crippen molar-refractivity contribution in [3.05, 3.63) is 71.8 Å². The van der Waals surface area contributed by atoms with Gasteiger partial charge in [0.1, 0.15) is 6.61 Å². The van der Waals surface area contributed by atoms with Crippen LogP contribution < -0.4 is 5.32 Å². The van der Waals surface area contributed by atoms with Gasteiger partial charge in [-0.05, 0) is 11.1 Å². The second kappa shape index (κ2) is 9.37. The lowest BCUT2D eigenvalue weighted by atomic mass is 10.1. The average molecular weight is 363 g/mol. The predicted molar refractivity (Wildman–Crippen MR) is 95.4 cm³/mol. The third-order valence-electron chi connectivity index (χ3n) is 3.67. The quantitative estimate of drug-likeness (QED) is 0.714. The van der Waals surface area contributed by atoms with Crippen molar-refractivity contribution in [1.82, 2.24) is 5.32 Å². The minimum Gasteiger partial charge on any atom is -0.445 e. The molecule has 1 amide bonds. The summed E-state index contributed by atoms with van der Waals surface area (Å²) in [5, 5.41) is 2.73. The van der Waals surface area contributed by atoms with Gasteiger partial charge in [-0.15, -0.1) is 0 Å². The molecule has 2 aromatic carbocycles.